The van der Waals surface area contributed by atoms with Crippen LogP contribution in [0.3, 0.4) is 0 Å². The van der Waals surface area contributed by atoms with Crippen molar-refractivity contribution < 1.29 is 0 Å². The van der Waals surface area contributed by atoms with Crippen LogP contribution in [0.1, 0.15) is 0 Å². The van der Waals surface area contributed by atoms with Crippen molar-refractivity contribution in [3.8, 4) is 22.3 Å². The molecule has 0 fully saturated rings. The van der Waals surface area contributed by atoms with Crippen molar-refractivity contribution in [1.29, 1.82) is 0 Å². The van der Waals surface area contributed by atoms with Gasteiger partial charge in [-0.2, -0.15) is 0 Å². The van der Waals surface area contributed by atoms with Gasteiger partial charge < -0.3 is 4.90 Å². The normalized spacial score (nSPS) is 11.7. The molecule has 0 aliphatic heterocycles. The number of thiophene rings is 2. The van der Waals surface area contributed by atoms with E-state index in [4.69, 9.17) is 0 Å². The molecule has 0 saturated heterocycles. The zero-order valence-electron chi connectivity index (χ0n) is 26.5. The van der Waals surface area contributed by atoms with Crippen molar-refractivity contribution in [2.24, 2.45) is 0 Å². The van der Waals surface area contributed by atoms with Gasteiger partial charge in [0.2, 0.25) is 0 Å². The lowest BCUT2D eigenvalue weighted by molar-refractivity contribution is 1.31. The molecule has 0 saturated carbocycles. The van der Waals surface area contributed by atoms with Crippen LogP contribution in [0.15, 0.2) is 176 Å². The van der Waals surface area contributed by atoms with Crippen LogP contribution < -0.4 is 4.90 Å². The van der Waals surface area contributed by atoms with Crippen molar-refractivity contribution in [2.45, 2.75) is 0 Å². The Hall–Kier alpha value is -5.74. The van der Waals surface area contributed by atoms with Crippen LogP contribution >= 0.6 is 22.7 Å². The monoisotopic (exact) mass is 659 g/mol. The average Bonchev–Trinajstić information content (AvgIpc) is 3.73. The standard InChI is InChI=1S/C46H29NS2/c1-3-11-30(12-4-1)31-19-21-35(22-20-31)47(36-23-26-43-39(29-36)38-17-9-10-18-42(38)48-43)41-25-24-37(32-13-5-2-6-14-32)46-45(41)40-27-33-15-7-8-16-34(33)28-44(40)49-46/h1-29H. The topological polar surface area (TPSA) is 3.24 Å². The summed E-state index contributed by atoms with van der Waals surface area (Å²) in [6.45, 7) is 0. The Morgan fingerprint density at radius 3 is 1.80 bits per heavy atom. The number of hydrogen-bond acceptors (Lipinski definition) is 3. The Labute approximate surface area is 292 Å². The second-order valence-corrected chi connectivity index (χ2v) is 14.7. The van der Waals surface area contributed by atoms with Crippen molar-refractivity contribution in [3.63, 3.8) is 0 Å². The number of nitrogens with zero attached hydrogens (tertiary/aromatic N) is 1. The third kappa shape index (κ3) is 4.74. The molecule has 230 valence electrons. The van der Waals surface area contributed by atoms with E-state index < -0.39 is 0 Å². The molecule has 0 aliphatic rings. The average molecular weight is 660 g/mol. The predicted octanol–water partition coefficient (Wildman–Crippen LogP) is 14.4. The molecule has 3 heteroatoms. The lowest BCUT2D eigenvalue weighted by Gasteiger charge is -2.27. The van der Waals surface area contributed by atoms with Crippen molar-refractivity contribution >= 4 is 90.9 Å². The molecule has 0 unspecified atom stereocenters. The largest absolute Gasteiger partial charge is 0.310 e. The molecule has 8 aromatic carbocycles. The molecule has 0 N–H and O–H groups in total. The third-order valence-corrected chi connectivity index (χ3v) is 12.0. The summed E-state index contributed by atoms with van der Waals surface area (Å²) in [5.41, 5.74) is 8.40. The number of rotatable bonds is 5. The highest BCUT2D eigenvalue weighted by Crippen LogP contribution is 2.50. The van der Waals surface area contributed by atoms with Gasteiger partial charge >= 0.3 is 0 Å². The molecule has 49 heavy (non-hydrogen) atoms. The first-order chi connectivity index (χ1) is 24.3. The van der Waals surface area contributed by atoms with E-state index >= 15 is 0 Å². The van der Waals surface area contributed by atoms with Gasteiger partial charge in [-0.25, -0.2) is 0 Å². The van der Waals surface area contributed by atoms with Gasteiger partial charge in [-0.05, 0) is 87.6 Å². The number of anilines is 3. The summed E-state index contributed by atoms with van der Waals surface area (Å²) in [7, 11) is 0. The van der Waals surface area contributed by atoms with Gasteiger partial charge in [0, 0.05) is 51.7 Å². The van der Waals surface area contributed by atoms with Gasteiger partial charge in [-0.1, -0.05) is 121 Å². The van der Waals surface area contributed by atoms with Gasteiger partial charge in [-0.3, -0.25) is 0 Å². The van der Waals surface area contributed by atoms with Crippen molar-refractivity contribution in [2.75, 3.05) is 4.90 Å². The summed E-state index contributed by atoms with van der Waals surface area (Å²) in [4.78, 5) is 2.47. The maximum absolute atomic E-state index is 2.47. The molecular formula is C46H29NS2. The fraction of sp³-hybridized carbons (Fsp3) is 0. The lowest BCUT2D eigenvalue weighted by Crippen LogP contribution is -2.10. The molecule has 0 atom stereocenters. The minimum Gasteiger partial charge on any atom is -0.310 e. The molecule has 0 amide bonds. The predicted molar refractivity (Wildman–Crippen MR) is 215 cm³/mol. The van der Waals surface area contributed by atoms with Gasteiger partial charge in [0.1, 0.15) is 0 Å². The van der Waals surface area contributed by atoms with E-state index in [1.165, 1.54) is 79.1 Å². The zero-order valence-corrected chi connectivity index (χ0v) is 28.1. The Balaban J connectivity index is 1.27. The molecule has 0 aliphatic carbocycles. The highest BCUT2D eigenvalue weighted by atomic mass is 32.1. The van der Waals surface area contributed by atoms with E-state index in [0.29, 0.717) is 0 Å². The minimum absolute atomic E-state index is 1.13. The SMILES string of the molecule is c1ccc(-c2ccc(N(c3ccc4sc5ccccc5c4c3)c3ccc(-c4ccccc4)c4sc5cc6ccccc6cc5c34)cc2)cc1. The smallest absolute Gasteiger partial charge is 0.0555 e. The Morgan fingerprint density at radius 2 is 1.00 bits per heavy atom. The van der Waals surface area contributed by atoms with Gasteiger partial charge in [0.25, 0.3) is 0 Å². The van der Waals surface area contributed by atoms with Crippen molar-refractivity contribution in [3.05, 3.63) is 176 Å². The van der Waals surface area contributed by atoms with Gasteiger partial charge in [0.05, 0.1) is 5.69 Å². The van der Waals surface area contributed by atoms with E-state index in [2.05, 4.69) is 181 Å². The maximum Gasteiger partial charge on any atom is 0.0555 e. The molecule has 0 radical (unpaired) electrons. The van der Waals surface area contributed by atoms with E-state index in [9.17, 15) is 0 Å². The van der Waals surface area contributed by atoms with E-state index in [0.717, 1.165) is 11.4 Å². The fourth-order valence-electron chi connectivity index (χ4n) is 7.29. The highest BCUT2D eigenvalue weighted by Gasteiger charge is 2.22. The molecular weight excluding hydrogens is 631 g/mol. The maximum atomic E-state index is 2.47. The van der Waals surface area contributed by atoms with Crippen LogP contribution in [0.2, 0.25) is 0 Å². The fourth-order valence-corrected chi connectivity index (χ4v) is 9.67. The summed E-state index contributed by atoms with van der Waals surface area (Å²) in [5, 5.41) is 7.71. The summed E-state index contributed by atoms with van der Waals surface area (Å²) in [5.74, 6) is 0. The van der Waals surface area contributed by atoms with Crippen LogP contribution in [0.4, 0.5) is 17.1 Å². The summed E-state index contributed by atoms with van der Waals surface area (Å²) >= 11 is 3.76. The van der Waals surface area contributed by atoms with Crippen LogP contribution in [-0.4, -0.2) is 0 Å². The van der Waals surface area contributed by atoms with Gasteiger partial charge in [-0.15, -0.1) is 22.7 Å². The Bertz CT molecular complexity index is 2810. The third-order valence-electron chi connectivity index (χ3n) is 9.64. The molecule has 0 bridgehead atoms. The van der Waals surface area contributed by atoms with Crippen LogP contribution in [0.5, 0.6) is 0 Å². The minimum atomic E-state index is 1.13. The van der Waals surface area contributed by atoms with E-state index in [-0.39, 0.29) is 0 Å². The molecule has 1 nitrogen and oxygen atoms in total. The first kappa shape index (κ1) is 28.3. The second kappa shape index (κ2) is 11.5. The van der Waals surface area contributed by atoms with Gasteiger partial charge in [0.15, 0.2) is 0 Å². The van der Waals surface area contributed by atoms with Crippen LogP contribution in [-0.2, 0) is 0 Å². The van der Waals surface area contributed by atoms with E-state index in [1.54, 1.807) is 0 Å². The molecule has 10 aromatic rings. The Morgan fingerprint density at radius 1 is 0.367 bits per heavy atom. The molecule has 10 rings (SSSR count). The zero-order chi connectivity index (χ0) is 32.3. The number of hydrogen-bond donors (Lipinski definition) is 0. The van der Waals surface area contributed by atoms with E-state index in [1.807, 2.05) is 22.7 Å². The van der Waals surface area contributed by atoms with Crippen molar-refractivity contribution in [1.82, 2.24) is 0 Å². The number of benzene rings is 8. The highest BCUT2D eigenvalue weighted by molar-refractivity contribution is 7.26. The lowest BCUT2D eigenvalue weighted by atomic mass is 9.98. The van der Waals surface area contributed by atoms with Crippen LogP contribution in [0, 0.1) is 0 Å². The Kier molecular flexibility index (Phi) is 6.61. The first-order valence-electron chi connectivity index (χ1n) is 16.6. The summed E-state index contributed by atoms with van der Waals surface area (Å²) in [6.07, 6.45) is 0. The first-order valence-corrected chi connectivity index (χ1v) is 18.2. The molecule has 2 heterocycles. The van der Waals surface area contributed by atoms with Crippen LogP contribution in [0.25, 0.3) is 73.4 Å². The quantitative estimate of drug-likeness (QED) is 0.178. The molecule has 0 spiro atoms. The summed E-state index contributed by atoms with van der Waals surface area (Å²) < 4.78 is 5.24. The second-order valence-electron chi connectivity index (χ2n) is 12.5. The molecule has 2 aromatic heterocycles. The number of fused-ring (bicyclic) bond motifs is 7. The summed E-state index contributed by atoms with van der Waals surface area (Å²) in [6, 6.07) is 64.4.